The molecule has 0 spiro atoms. The average Bonchev–Trinajstić information content (AvgIpc) is 2.81. The first kappa shape index (κ1) is 25.1. The fourth-order valence-corrected chi connectivity index (χ4v) is 5.10. The zero-order chi connectivity index (χ0) is 24.7. The van der Waals surface area contributed by atoms with Gasteiger partial charge in [0.2, 0.25) is 15.9 Å². The first-order valence-electron chi connectivity index (χ1n) is 10.9. The summed E-state index contributed by atoms with van der Waals surface area (Å²) >= 11 is 0. The number of nitrogens with one attached hydrogen (secondary N) is 1. The van der Waals surface area contributed by atoms with Crippen molar-refractivity contribution in [1.82, 2.24) is 4.31 Å². The lowest BCUT2D eigenvalue weighted by molar-refractivity contribution is -0.116. The molecule has 0 radical (unpaired) electrons. The zero-order valence-electron chi connectivity index (χ0n) is 19.4. The van der Waals surface area contributed by atoms with Gasteiger partial charge < -0.3 is 10.1 Å². The maximum atomic E-state index is 13.6. The quantitative estimate of drug-likeness (QED) is 0.461. The van der Waals surface area contributed by atoms with Gasteiger partial charge in [0.15, 0.2) is 0 Å². The highest BCUT2D eigenvalue weighted by Crippen LogP contribution is 2.23. The van der Waals surface area contributed by atoms with Gasteiger partial charge in [0.05, 0.1) is 23.6 Å². The molecule has 34 heavy (non-hydrogen) atoms. The molecule has 178 valence electrons. The van der Waals surface area contributed by atoms with E-state index in [1.807, 2.05) is 43.3 Å². The van der Waals surface area contributed by atoms with Crippen LogP contribution in [0.1, 0.15) is 34.0 Å². The molecule has 0 aliphatic rings. The highest BCUT2D eigenvalue weighted by atomic mass is 32.2. The van der Waals surface area contributed by atoms with E-state index >= 15 is 0 Å². The zero-order valence-corrected chi connectivity index (χ0v) is 20.3. The number of carbonyl (C=O) groups excluding carboxylic acids is 2. The number of amides is 1. The van der Waals surface area contributed by atoms with Crippen molar-refractivity contribution in [2.24, 2.45) is 0 Å². The van der Waals surface area contributed by atoms with E-state index in [1.165, 1.54) is 4.31 Å². The van der Waals surface area contributed by atoms with Gasteiger partial charge in [-0.15, -0.1) is 0 Å². The van der Waals surface area contributed by atoms with Gasteiger partial charge in [0.25, 0.3) is 0 Å². The van der Waals surface area contributed by atoms with Crippen LogP contribution in [0.5, 0.6) is 0 Å². The van der Waals surface area contributed by atoms with Gasteiger partial charge in [0, 0.05) is 12.2 Å². The third-order valence-corrected chi connectivity index (χ3v) is 7.10. The number of aryl methyl sites for hydroxylation is 2. The second-order valence-electron chi connectivity index (χ2n) is 7.87. The molecule has 1 N–H and O–H groups in total. The number of nitrogens with zero attached hydrogens (tertiary/aromatic N) is 1. The van der Waals surface area contributed by atoms with E-state index in [4.69, 9.17) is 4.74 Å². The Morgan fingerprint density at radius 2 is 1.62 bits per heavy atom. The van der Waals surface area contributed by atoms with E-state index in [9.17, 15) is 18.0 Å². The van der Waals surface area contributed by atoms with E-state index in [-0.39, 0.29) is 24.6 Å². The van der Waals surface area contributed by atoms with E-state index in [2.05, 4.69) is 5.32 Å². The molecule has 3 aromatic rings. The van der Waals surface area contributed by atoms with E-state index < -0.39 is 21.9 Å². The largest absolute Gasteiger partial charge is 0.462 e. The molecular weight excluding hydrogens is 452 g/mol. The highest BCUT2D eigenvalue weighted by molar-refractivity contribution is 7.89. The minimum atomic E-state index is -3.95. The minimum absolute atomic E-state index is 0.0474. The predicted molar refractivity (Wildman–Crippen MR) is 131 cm³/mol. The molecule has 0 saturated carbocycles. The summed E-state index contributed by atoms with van der Waals surface area (Å²) in [5.41, 5.74) is 3.00. The summed E-state index contributed by atoms with van der Waals surface area (Å²) in [4.78, 5) is 24.8. The Morgan fingerprint density at radius 1 is 0.941 bits per heavy atom. The summed E-state index contributed by atoms with van der Waals surface area (Å²) in [5.74, 6) is -0.942. The number of rotatable bonds is 9. The van der Waals surface area contributed by atoms with Crippen LogP contribution in [0.3, 0.4) is 0 Å². The van der Waals surface area contributed by atoms with Crippen LogP contribution in [0, 0.1) is 13.8 Å². The van der Waals surface area contributed by atoms with Crippen LogP contribution in [-0.2, 0) is 26.1 Å². The Morgan fingerprint density at radius 3 is 2.26 bits per heavy atom. The van der Waals surface area contributed by atoms with Gasteiger partial charge in [-0.3, -0.25) is 4.79 Å². The molecule has 3 aromatic carbocycles. The average molecular weight is 481 g/mol. The van der Waals surface area contributed by atoms with Crippen LogP contribution in [0.4, 0.5) is 5.69 Å². The van der Waals surface area contributed by atoms with E-state index in [0.29, 0.717) is 16.8 Å². The molecule has 7 nitrogen and oxygen atoms in total. The molecule has 0 atom stereocenters. The monoisotopic (exact) mass is 480 g/mol. The first-order chi connectivity index (χ1) is 16.2. The van der Waals surface area contributed by atoms with Gasteiger partial charge in [-0.25, -0.2) is 13.2 Å². The van der Waals surface area contributed by atoms with Crippen LogP contribution in [0.2, 0.25) is 0 Å². The summed E-state index contributed by atoms with van der Waals surface area (Å²) in [6.07, 6.45) is 0. The standard InChI is InChI=1S/C26H28N2O5S/c1-4-33-26(30)22-12-14-23(15-13-22)27-25(29)18-28(17-21-8-6-5-7-9-21)34(31,32)24-16-19(2)10-11-20(24)3/h5-16H,4,17-18H2,1-3H3,(H,27,29). The summed E-state index contributed by atoms with van der Waals surface area (Å²) < 4.78 is 33.3. The van der Waals surface area contributed by atoms with Crippen molar-refractivity contribution >= 4 is 27.6 Å². The Kier molecular flexibility index (Phi) is 8.20. The summed E-state index contributed by atoms with van der Waals surface area (Å²) in [6.45, 7) is 5.23. The number of hydrogen-bond acceptors (Lipinski definition) is 5. The van der Waals surface area contributed by atoms with Crippen molar-refractivity contribution < 1.29 is 22.7 Å². The maximum absolute atomic E-state index is 13.6. The summed E-state index contributed by atoms with van der Waals surface area (Å²) in [6, 6.07) is 20.6. The molecule has 0 aliphatic heterocycles. The minimum Gasteiger partial charge on any atom is -0.462 e. The van der Waals surface area contributed by atoms with Crippen LogP contribution in [0.15, 0.2) is 77.7 Å². The lowest BCUT2D eigenvalue weighted by atomic mass is 10.2. The molecule has 0 saturated heterocycles. The Bertz CT molecular complexity index is 1260. The van der Waals surface area contributed by atoms with Crippen LogP contribution in [0.25, 0.3) is 0 Å². The van der Waals surface area contributed by atoms with Gasteiger partial charge in [-0.05, 0) is 67.8 Å². The molecule has 0 aromatic heterocycles. The van der Waals surface area contributed by atoms with Crippen molar-refractivity contribution in [3.63, 3.8) is 0 Å². The van der Waals surface area contributed by atoms with Crippen LogP contribution >= 0.6 is 0 Å². The third-order valence-electron chi connectivity index (χ3n) is 5.16. The summed E-state index contributed by atoms with van der Waals surface area (Å²) in [7, 11) is -3.95. The molecule has 0 aliphatic carbocycles. The first-order valence-corrected chi connectivity index (χ1v) is 12.3. The van der Waals surface area contributed by atoms with Gasteiger partial charge in [-0.2, -0.15) is 4.31 Å². The number of sulfonamides is 1. The third kappa shape index (κ3) is 6.30. The number of benzene rings is 3. The van der Waals surface area contributed by atoms with Gasteiger partial charge in [0.1, 0.15) is 0 Å². The number of carbonyl (C=O) groups is 2. The van der Waals surface area contributed by atoms with E-state index in [1.54, 1.807) is 50.2 Å². The van der Waals surface area contributed by atoms with Gasteiger partial charge >= 0.3 is 5.97 Å². The second-order valence-corrected chi connectivity index (χ2v) is 9.78. The Balaban J connectivity index is 1.83. The number of ether oxygens (including phenoxy) is 1. The fraction of sp³-hybridized carbons (Fsp3) is 0.231. The maximum Gasteiger partial charge on any atom is 0.338 e. The number of anilines is 1. The second kappa shape index (κ2) is 11.1. The lowest BCUT2D eigenvalue weighted by Gasteiger charge is -2.23. The Hall–Kier alpha value is -3.49. The van der Waals surface area contributed by atoms with E-state index in [0.717, 1.165) is 11.1 Å². The van der Waals surface area contributed by atoms with Crippen molar-refractivity contribution in [3.05, 3.63) is 95.1 Å². The number of esters is 1. The van der Waals surface area contributed by atoms with Crippen LogP contribution < -0.4 is 5.32 Å². The van der Waals surface area contributed by atoms with Crippen molar-refractivity contribution in [2.45, 2.75) is 32.2 Å². The summed E-state index contributed by atoms with van der Waals surface area (Å²) in [5, 5.41) is 2.71. The highest BCUT2D eigenvalue weighted by Gasteiger charge is 2.28. The number of hydrogen-bond donors (Lipinski definition) is 1. The molecule has 3 rings (SSSR count). The molecule has 0 unspecified atom stereocenters. The lowest BCUT2D eigenvalue weighted by Crippen LogP contribution is -2.38. The van der Waals surface area contributed by atoms with Crippen LogP contribution in [-0.4, -0.2) is 37.8 Å². The van der Waals surface area contributed by atoms with Crippen molar-refractivity contribution in [2.75, 3.05) is 18.5 Å². The van der Waals surface area contributed by atoms with Gasteiger partial charge in [-0.1, -0.05) is 42.5 Å². The SMILES string of the molecule is CCOC(=O)c1ccc(NC(=O)CN(Cc2ccccc2)S(=O)(=O)c2cc(C)ccc2C)cc1. The normalized spacial score (nSPS) is 11.3. The molecule has 0 bridgehead atoms. The predicted octanol–water partition coefficient (Wildman–Crippen LogP) is 4.31. The molecule has 1 amide bonds. The molecule has 8 heteroatoms. The van der Waals surface area contributed by atoms with Crippen molar-refractivity contribution in [3.8, 4) is 0 Å². The molecule has 0 heterocycles. The smallest absolute Gasteiger partial charge is 0.338 e. The van der Waals surface area contributed by atoms with Crippen molar-refractivity contribution in [1.29, 1.82) is 0 Å². The molecular formula is C26H28N2O5S. The molecule has 0 fully saturated rings. The Labute approximate surface area is 200 Å². The topological polar surface area (TPSA) is 92.8 Å². The fourth-order valence-electron chi connectivity index (χ4n) is 3.40.